The Bertz CT molecular complexity index is 399. The number of aliphatic hydroxyl groups excluding tert-OH is 2. The Labute approximate surface area is 112 Å². The first-order chi connectivity index (χ1) is 8.91. The molecule has 1 aromatic rings. The van der Waals surface area contributed by atoms with Gasteiger partial charge in [0.1, 0.15) is 0 Å². The predicted octanol–water partition coefficient (Wildman–Crippen LogP) is 2.09. The number of hydrogen-bond acceptors (Lipinski definition) is 3. The number of halogens is 2. The highest BCUT2D eigenvalue weighted by molar-refractivity contribution is 5.21. The molecule has 1 rings (SSSR count). The first-order valence-electron chi connectivity index (χ1n) is 6.40. The number of benzene rings is 1. The van der Waals surface area contributed by atoms with E-state index in [2.05, 4.69) is 0 Å². The second kappa shape index (κ2) is 7.53. The van der Waals surface area contributed by atoms with Crippen molar-refractivity contribution in [3.05, 3.63) is 35.4 Å². The van der Waals surface area contributed by atoms with Crippen molar-refractivity contribution < 1.29 is 19.0 Å². The van der Waals surface area contributed by atoms with Crippen LogP contribution < -0.4 is 0 Å². The first-order valence-corrected chi connectivity index (χ1v) is 6.40. The molecule has 19 heavy (non-hydrogen) atoms. The topological polar surface area (TPSA) is 43.7 Å². The van der Waals surface area contributed by atoms with Crippen LogP contribution in [0.3, 0.4) is 0 Å². The van der Waals surface area contributed by atoms with Gasteiger partial charge in [-0.1, -0.05) is 12.1 Å². The van der Waals surface area contributed by atoms with E-state index in [0.717, 1.165) is 6.07 Å². The van der Waals surface area contributed by atoms with Crippen LogP contribution in [0, 0.1) is 11.6 Å². The first kappa shape index (κ1) is 16.0. The highest BCUT2D eigenvalue weighted by atomic mass is 19.2. The molecule has 2 atom stereocenters. The van der Waals surface area contributed by atoms with Crippen LogP contribution >= 0.6 is 0 Å². The third kappa shape index (κ3) is 5.22. The summed E-state index contributed by atoms with van der Waals surface area (Å²) in [5, 5.41) is 19.0. The molecule has 0 fully saturated rings. The zero-order chi connectivity index (χ0) is 14.4. The summed E-state index contributed by atoms with van der Waals surface area (Å²) in [6.45, 7) is 2.95. The molecule has 3 nitrogen and oxygen atoms in total. The molecule has 0 spiro atoms. The average molecular weight is 273 g/mol. The number of hydrogen-bond donors (Lipinski definition) is 2. The van der Waals surface area contributed by atoms with Crippen LogP contribution in [0.4, 0.5) is 8.78 Å². The van der Waals surface area contributed by atoms with Crippen molar-refractivity contribution in [2.45, 2.75) is 32.0 Å². The van der Waals surface area contributed by atoms with Crippen LogP contribution in [0.1, 0.15) is 31.4 Å². The molecule has 0 heterocycles. The quantitative estimate of drug-likeness (QED) is 0.799. The Hall–Kier alpha value is -1.04. The normalized spacial score (nSPS) is 14.7. The van der Waals surface area contributed by atoms with Crippen LogP contribution in [0.2, 0.25) is 0 Å². The molecule has 0 aliphatic rings. The average Bonchev–Trinajstić information content (AvgIpc) is 2.36. The molecule has 0 saturated carbocycles. The summed E-state index contributed by atoms with van der Waals surface area (Å²) in [6.07, 6.45) is -0.435. The van der Waals surface area contributed by atoms with Gasteiger partial charge in [0, 0.05) is 18.7 Å². The van der Waals surface area contributed by atoms with Gasteiger partial charge in [0.15, 0.2) is 11.6 Å². The van der Waals surface area contributed by atoms with Gasteiger partial charge in [0.2, 0.25) is 0 Å². The maximum absolute atomic E-state index is 13.4. The lowest BCUT2D eigenvalue weighted by molar-refractivity contribution is 0.133. The van der Waals surface area contributed by atoms with E-state index in [1.54, 1.807) is 6.92 Å². The molecule has 2 unspecified atom stereocenters. The van der Waals surface area contributed by atoms with Crippen LogP contribution in [0.15, 0.2) is 18.2 Å². The van der Waals surface area contributed by atoms with Gasteiger partial charge < -0.3 is 15.1 Å². The van der Waals surface area contributed by atoms with Crippen molar-refractivity contribution in [3.8, 4) is 0 Å². The number of rotatable bonds is 7. The third-order valence-electron chi connectivity index (χ3n) is 3.05. The summed E-state index contributed by atoms with van der Waals surface area (Å²) in [4.78, 5) is 1.94. The van der Waals surface area contributed by atoms with Crippen LogP contribution in [0.25, 0.3) is 0 Å². The lowest BCUT2D eigenvalue weighted by Gasteiger charge is -2.20. The van der Waals surface area contributed by atoms with Crippen LogP contribution in [0.5, 0.6) is 0 Å². The minimum Gasteiger partial charge on any atom is -0.393 e. The summed E-state index contributed by atoms with van der Waals surface area (Å²) in [5.74, 6) is -1.93. The van der Waals surface area contributed by atoms with Gasteiger partial charge in [-0.3, -0.25) is 0 Å². The zero-order valence-electron chi connectivity index (χ0n) is 11.3. The maximum Gasteiger partial charge on any atom is 0.164 e. The smallest absolute Gasteiger partial charge is 0.164 e. The Morgan fingerprint density at radius 3 is 2.42 bits per heavy atom. The van der Waals surface area contributed by atoms with E-state index >= 15 is 0 Å². The zero-order valence-corrected chi connectivity index (χ0v) is 11.3. The van der Waals surface area contributed by atoms with Gasteiger partial charge in [-0.05, 0) is 32.9 Å². The second-order valence-corrected chi connectivity index (χ2v) is 4.89. The molecule has 0 aliphatic carbocycles. The van der Waals surface area contributed by atoms with Crippen molar-refractivity contribution in [1.29, 1.82) is 0 Å². The lowest BCUT2D eigenvalue weighted by atomic mass is 10.1. The summed E-state index contributed by atoms with van der Waals surface area (Å²) < 4.78 is 26.5. The minimum absolute atomic E-state index is 0.0103. The Kier molecular flexibility index (Phi) is 6.34. The molecule has 2 N–H and O–H groups in total. The molecule has 0 aliphatic heterocycles. The minimum atomic E-state index is -1.02. The Balaban J connectivity index is 2.47. The van der Waals surface area contributed by atoms with E-state index in [1.165, 1.54) is 12.1 Å². The van der Waals surface area contributed by atoms with Crippen LogP contribution in [-0.2, 0) is 0 Å². The van der Waals surface area contributed by atoms with Gasteiger partial charge in [-0.2, -0.15) is 0 Å². The van der Waals surface area contributed by atoms with Crippen LogP contribution in [-0.4, -0.2) is 41.4 Å². The summed E-state index contributed by atoms with van der Waals surface area (Å²) in [6, 6.07) is 3.80. The van der Waals surface area contributed by atoms with E-state index in [0.29, 0.717) is 25.9 Å². The highest BCUT2D eigenvalue weighted by Gasteiger charge is 2.16. The molecular weight excluding hydrogens is 252 g/mol. The lowest BCUT2D eigenvalue weighted by Crippen LogP contribution is -2.25. The fourth-order valence-corrected chi connectivity index (χ4v) is 1.80. The van der Waals surface area contributed by atoms with Crippen molar-refractivity contribution in [3.63, 3.8) is 0 Å². The largest absolute Gasteiger partial charge is 0.393 e. The van der Waals surface area contributed by atoms with Gasteiger partial charge >= 0.3 is 0 Å². The molecule has 108 valence electrons. The molecule has 0 bridgehead atoms. The van der Waals surface area contributed by atoms with E-state index in [1.807, 2.05) is 11.9 Å². The van der Waals surface area contributed by atoms with E-state index < -0.39 is 17.7 Å². The van der Waals surface area contributed by atoms with Crippen molar-refractivity contribution >= 4 is 0 Å². The molecular formula is C14H21F2NO2. The van der Waals surface area contributed by atoms with Crippen molar-refractivity contribution in [2.75, 3.05) is 20.1 Å². The van der Waals surface area contributed by atoms with E-state index in [4.69, 9.17) is 5.11 Å². The SMILES string of the molecule is CC(O)CCN(C)CCC(O)c1cccc(F)c1F. The van der Waals surface area contributed by atoms with Gasteiger partial charge in [-0.15, -0.1) is 0 Å². The second-order valence-electron chi connectivity index (χ2n) is 4.89. The molecule has 5 heteroatoms. The Morgan fingerprint density at radius 1 is 1.16 bits per heavy atom. The molecule has 1 aromatic carbocycles. The summed E-state index contributed by atoms with van der Waals surface area (Å²) in [7, 11) is 1.86. The van der Waals surface area contributed by atoms with E-state index in [9.17, 15) is 13.9 Å². The Morgan fingerprint density at radius 2 is 1.79 bits per heavy atom. The predicted molar refractivity (Wildman–Crippen MR) is 69.7 cm³/mol. The van der Waals surface area contributed by atoms with Gasteiger partial charge in [0.25, 0.3) is 0 Å². The van der Waals surface area contributed by atoms with E-state index in [-0.39, 0.29) is 11.7 Å². The van der Waals surface area contributed by atoms with Gasteiger partial charge in [0.05, 0.1) is 12.2 Å². The molecule has 0 radical (unpaired) electrons. The summed E-state index contributed by atoms with van der Waals surface area (Å²) in [5.41, 5.74) is -0.0103. The number of nitrogens with zero attached hydrogens (tertiary/aromatic N) is 1. The standard InChI is InChI=1S/C14H21F2NO2/c1-10(18)6-8-17(2)9-7-13(19)11-4-3-5-12(15)14(11)16/h3-5,10,13,18-19H,6-9H2,1-2H3. The molecule has 0 saturated heterocycles. The third-order valence-corrected chi connectivity index (χ3v) is 3.05. The van der Waals surface area contributed by atoms with Gasteiger partial charge in [-0.25, -0.2) is 8.78 Å². The fourth-order valence-electron chi connectivity index (χ4n) is 1.80. The highest BCUT2D eigenvalue weighted by Crippen LogP contribution is 2.21. The maximum atomic E-state index is 13.4. The van der Waals surface area contributed by atoms with Crippen molar-refractivity contribution in [2.24, 2.45) is 0 Å². The molecule has 0 amide bonds. The fraction of sp³-hybridized carbons (Fsp3) is 0.571. The van der Waals surface area contributed by atoms with Crippen molar-refractivity contribution in [1.82, 2.24) is 4.90 Å². The molecule has 0 aromatic heterocycles. The monoisotopic (exact) mass is 273 g/mol. The summed E-state index contributed by atoms with van der Waals surface area (Å²) >= 11 is 0. The number of aliphatic hydroxyl groups is 2.